The van der Waals surface area contributed by atoms with Crippen molar-refractivity contribution in [2.24, 2.45) is 5.73 Å². The van der Waals surface area contributed by atoms with Crippen molar-refractivity contribution in [2.45, 2.75) is 6.54 Å². The number of nitrogens with two attached hydrogens (primary N) is 1. The van der Waals surface area contributed by atoms with Gasteiger partial charge in [0.25, 0.3) is 0 Å². The number of nitrogens with zero attached hydrogens (tertiary/aromatic N) is 2. The van der Waals surface area contributed by atoms with Gasteiger partial charge in [0.15, 0.2) is 0 Å². The number of benzene rings is 1. The number of fused-ring (bicyclic) bond motifs is 5. The molecule has 0 unspecified atom stereocenters. The van der Waals surface area contributed by atoms with Gasteiger partial charge in [0.1, 0.15) is 0 Å². The maximum absolute atomic E-state index is 11.4. The van der Waals surface area contributed by atoms with E-state index in [-0.39, 0.29) is 0 Å². The highest BCUT2D eigenvalue weighted by atomic mass is 16.1. The van der Waals surface area contributed by atoms with Gasteiger partial charge in [-0.1, -0.05) is 12.1 Å². The maximum Gasteiger partial charge on any atom is 0.248 e. The molecule has 1 aromatic carbocycles. The Morgan fingerprint density at radius 1 is 1.24 bits per heavy atom. The highest BCUT2D eigenvalue weighted by Gasteiger charge is 2.16. The largest absolute Gasteiger partial charge is 0.366 e. The SMILES string of the molecule is NC(=O)c1ccc2cc3n(c2c1)CC=Cc1ncccc1-3. The van der Waals surface area contributed by atoms with Crippen LogP contribution in [0.25, 0.3) is 28.2 Å². The van der Waals surface area contributed by atoms with Gasteiger partial charge in [-0.25, -0.2) is 0 Å². The van der Waals surface area contributed by atoms with Gasteiger partial charge in [-0.15, -0.1) is 0 Å². The monoisotopic (exact) mass is 275 g/mol. The predicted molar refractivity (Wildman–Crippen MR) is 82.7 cm³/mol. The van der Waals surface area contributed by atoms with Crippen LogP contribution < -0.4 is 5.73 Å². The summed E-state index contributed by atoms with van der Waals surface area (Å²) in [5, 5.41) is 1.10. The van der Waals surface area contributed by atoms with Crippen molar-refractivity contribution in [1.29, 1.82) is 0 Å². The van der Waals surface area contributed by atoms with Crippen molar-refractivity contribution in [1.82, 2.24) is 9.55 Å². The molecule has 4 nitrogen and oxygen atoms in total. The summed E-state index contributed by atoms with van der Waals surface area (Å²) in [4.78, 5) is 15.8. The van der Waals surface area contributed by atoms with Gasteiger partial charge in [0, 0.05) is 34.8 Å². The van der Waals surface area contributed by atoms with Crippen LogP contribution >= 0.6 is 0 Å². The molecule has 1 amide bonds. The second-order valence-electron chi connectivity index (χ2n) is 5.12. The van der Waals surface area contributed by atoms with E-state index >= 15 is 0 Å². The lowest BCUT2D eigenvalue weighted by atomic mass is 10.1. The third-order valence-electron chi connectivity index (χ3n) is 3.87. The molecule has 2 aromatic heterocycles. The molecule has 0 saturated carbocycles. The van der Waals surface area contributed by atoms with E-state index < -0.39 is 5.91 Å². The Hall–Kier alpha value is -2.88. The smallest absolute Gasteiger partial charge is 0.248 e. The Morgan fingerprint density at radius 2 is 2.14 bits per heavy atom. The van der Waals surface area contributed by atoms with Gasteiger partial charge in [-0.3, -0.25) is 9.78 Å². The summed E-state index contributed by atoms with van der Waals surface area (Å²) in [6.45, 7) is 0.747. The molecule has 4 heteroatoms. The van der Waals surface area contributed by atoms with Crippen LogP contribution in [0.4, 0.5) is 0 Å². The van der Waals surface area contributed by atoms with Gasteiger partial charge in [0.05, 0.1) is 11.4 Å². The Labute approximate surface area is 121 Å². The molecule has 0 atom stereocenters. The zero-order valence-electron chi connectivity index (χ0n) is 11.3. The standard InChI is InChI=1S/C17H13N3O/c18-17(21)12-6-5-11-9-16-13-3-1-7-19-14(13)4-2-8-20(16)15(11)10-12/h1-7,9-10H,8H2,(H2,18,21). The molecule has 0 bridgehead atoms. The number of rotatable bonds is 1. The van der Waals surface area contributed by atoms with Crippen molar-refractivity contribution in [3.8, 4) is 11.3 Å². The molecular weight excluding hydrogens is 262 g/mol. The molecular formula is C17H13N3O. The van der Waals surface area contributed by atoms with Crippen LogP contribution in [0.3, 0.4) is 0 Å². The van der Waals surface area contributed by atoms with Crippen LogP contribution in [-0.4, -0.2) is 15.5 Å². The van der Waals surface area contributed by atoms with Crippen molar-refractivity contribution in [3.63, 3.8) is 0 Å². The van der Waals surface area contributed by atoms with Crippen molar-refractivity contribution in [2.75, 3.05) is 0 Å². The number of amides is 1. The number of carbonyl (C=O) groups excluding carboxylic acids is 1. The number of primary amides is 1. The van der Waals surface area contributed by atoms with Gasteiger partial charge in [-0.2, -0.15) is 0 Å². The van der Waals surface area contributed by atoms with E-state index in [1.54, 1.807) is 12.3 Å². The Balaban J connectivity index is 2.05. The van der Waals surface area contributed by atoms with Crippen LogP contribution in [0.5, 0.6) is 0 Å². The van der Waals surface area contributed by atoms with Gasteiger partial charge in [0.2, 0.25) is 5.91 Å². The molecule has 102 valence electrons. The van der Waals surface area contributed by atoms with E-state index in [0.717, 1.165) is 34.4 Å². The molecule has 0 spiro atoms. The Morgan fingerprint density at radius 3 is 3.00 bits per heavy atom. The molecule has 21 heavy (non-hydrogen) atoms. The second-order valence-corrected chi connectivity index (χ2v) is 5.12. The fraction of sp³-hybridized carbons (Fsp3) is 0.0588. The zero-order chi connectivity index (χ0) is 14.4. The summed E-state index contributed by atoms with van der Waals surface area (Å²) < 4.78 is 2.19. The van der Waals surface area contributed by atoms with Gasteiger partial charge < -0.3 is 10.3 Å². The average Bonchev–Trinajstić information content (AvgIpc) is 2.75. The minimum Gasteiger partial charge on any atom is -0.366 e. The molecule has 3 aromatic rings. The lowest BCUT2D eigenvalue weighted by Gasteiger charge is -2.07. The summed E-state index contributed by atoms with van der Waals surface area (Å²) in [7, 11) is 0. The first-order chi connectivity index (χ1) is 10.2. The van der Waals surface area contributed by atoms with E-state index in [9.17, 15) is 4.79 Å². The first-order valence-corrected chi connectivity index (χ1v) is 6.79. The van der Waals surface area contributed by atoms with Crippen molar-refractivity contribution < 1.29 is 4.79 Å². The van der Waals surface area contributed by atoms with Gasteiger partial charge >= 0.3 is 0 Å². The molecule has 0 fully saturated rings. The topological polar surface area (TPSA) is 60.9 Å². The van der Waals surface area contributed by atoms with Gasteiger partial charge in [-0.05, 0) is 36.4 Å². The summed E-state index contributed by atoms with van der Waals surface area (Å²) in [5.74, 6) is -0.404. The van der Waals surface area contributed by atoms with Crippen LogP contribution in [0.15, 0.2) is 48.7 Å². The fourth-order valence-corrected chi connectivity index (χ4v) is 2.86. The van der Waals surface area contributed by atoms with Crippen LogP contribution in [0.1, 0.15) is 16.1 Å². The van der Waals surface area contributed by atoms with E-state index in [4.69, 9.17) is 5.73 Å². The third-order valence-corrected chi connectivity index (χ3v) is 3.87. The molecule has 0 saturated heterocycles. The molecule has 0 radical (unpaired) electrons. The molecule has 1 aliphatic rings. The molecule has 0 aliphatic carbocycles. The minimum absolute atomic E-state index is 0.404. The van der Waals surface area contributed by atoms with Crippen LogP contribution in [0, 0.1) is 0 Å². The van der Waals surface area contributed by atoms with Crippen molar-refractivity contribution >= 4 is 22.9 Å². The van der Waals surface area contributed by atoms with Crippen LogP contribution in [0.2, 0.25) is 0 Å². The number of aromatic nitrogens is 2. The molecule has 1 aliphatic heterocycles. The maximum atomic E-state index is 11.4. The first kappa shape index (κ1) is 11.9. The second kappa shape index (κ2) is 4.31. The summed E-state index contributed by atoms with van der Waals surface area (Å²) in [6, 6.07) is 11.7. The van der Waals surface area contributed by atoms with Crippen molar-refractivity contribution in [3.05, 3.63) is 59.9 Å². The fourth-order valence-electron chi connectivity index (χ4n) is 2.86. The number of carbonyl (C=O) groups is 1. The number of pyridine rings is 1. The Kier molecular flexibility index (Phi) is 2.44. The zero-order valence-corrected chi connectivity index (χ0v) is 11.3. The third kappa shape index (κ3) is 1.76. The minimum atomic E-state index is -0.404. The number of hydrogen-bond acceptors (Lipinski definition) is 2. The highest BCUT2D eigenvalue weighted by Crippen LogP contribution is 2.32. The average molecular weight is 275 g/mol. The summed E-state index contributed by atoms with van der Waals surface area (Å²) in [6.07, 6.45) is 5.91. The van der Waals surface area contributed by atoms with E-state index in [1.807, 2.05) is 24.3 Å². The predicted octanol–water partition coefficient (Wildman–Crippen LogP) is 2.83. The highest BCUT2D eigenvalue weighted by molar-refractivity contribution is 5.98. The molecule has 2 N–H and O–H groups in total. The summed E-state index contributed by atoms with van der Waals surface area (Å²) in [5.41, 5.74) is 10.1. The summed E-state index contributed by atoms with van der Waals surface area (Å²) >= 11 is 0. The lowest BCUT2D eigenvalue weighted by molar-refractivity contribution is 0.100. The van der Waals surface area contributed by atoms with E-state index in [2.05, 4.69) is 27.8 Å². The number of hydrogen-bond donors (Lipinski definition) is 1. The number of allylic oxidation sites excluding steroid dienone is 1. The molecule has 3 heterocycles. The quantitative estimate of drug-likeness (QED) is 0.742. The lowest BCUT2D eigenvalue weighted by Crippen LogP contribution is -2.10. The van der Waals surface area contributed by atoms with E-state index in [1.165, 1.54) is 0 Å². The Bertz CT molecular complexity index is 906. The first-order valence-electron chi connectivity index (χ1n) is 6.79. The van der Waals surface area contributed by atoms with E-state index in [0.29, 0.717) is 5.56 Å². The van der Waals surface area contributed by atoms with Crippen LogP contribution in [-0.2, 0) is 6.54 Å². The molecule has 4 rings (SSSR count). The normalized spacial score (nSPS) is 12.8.